The molecule has 1 amide bonds. The van der Waals surface area contributed by atoms with Crippen LogP contribution in [0.3, 0.4) is 0 Å². The van der Waals surface area contributed by atoms with Crippen LogP contribution in [0, 0.1) is 5.92 Å². The van der Waals surface area contributed by atoms with Gasteiger partial charge in [-0.25, -0.2) is 0 Å². The van der Waals surface area contributed by atoms with Gasteiger partial charge in [-0.15, -0.1) is 0 Å². The average molecular weight is 301 g/mol. The van der Waals surface area contributed by atoms with Gasteiger partial charge in [-0.05, 0) is 43.7 Å². The number of rotatable bonds is 2. The van der Waals surface area contributed by atoms with Crippen LogP contribution in [-0.2, 0) is 0 Å². The van der Waals surface area contributed by atoms with Crippen molar-refractivity contribution in [2.24, 2.45) is 5.92 Å². The maximum Gasteiger partial charge on any atom is 0.251 e. The number of hydrogen-bond acceptors (Lipinski definition) is 2. The van der Waals surface area contributed by atoms with Crippen LogP contribution in [0.15, 0.2) is 12.1 Å². The van der Waals surface area contributed by atoms with Crippen LogP contribution in [-0.4, -0.2) is 11.9 Å². The van der Waals surface area contributed by atoms with E-state index in [0.29, 0.717) is 21.3 Å². The molecule has 0 spiro atoms. The summed E-state index contributed by atoms with van der Waals surface area (Å²) in [5, 5.41) is 3.66. The third-order valence-corrected chi connectivity index (χ3v) is 4.32. The highest BCUT2D eigenvalue weighted by molar-refractivity contribution is 6.39. The predicted molar refractivity (Wildman–Crippen MR) is 79.8 cm³/mol. The van der Waals surface area contributed by atoms with Crippen LogP contribution >= 0.6 is 23.2 Å². The summed E-state index contributed by atoms with van der Waals surface area (Å²) in [5.74, 6) is 0.622. The number of anilines is 1. The summed E-state index contributed by atoms with van der Waals surface area (Å²) in [7, 11) is 0. The van der Waals surface area contributed by atoms with Gasteiger partial charge >= 0.3 is 0 Å². The van der Waals surface area contributed by atoms with Gasteiger partial charge in [0.25, 0.3) is 5.91 Å². The summed E-state index contributed by atoms with van der Waals surface area (Å²) in [6.07, 6.45) is 4.38. The molecule has 1 fully saturated rings. The molecule has 5 heteroatoms. The van der Waals surface area contributed by atoms with Crippen LogP contribution in [0.2, 0.25) is 10.0 Å². The van der Waals surface area contributed by atoms with Crippen molar-refractivity contribution in [3.63, 3.8) is 0 Å². The van der Waals surface area contributed by atoms with E-state index in [2.05, 4.69) is 12.2 Å². The quantitative estimate of drug-likeness (QED) is 0.814. The molecule has 1 aliphatic rings. The normalized spacial score (nSPS) is 23.1. The monoisotopic (exact) mass is 300 g/mol. The van der Waals surface area contributed by atoms with E-state index in [1.165, 1.54) is 0 Å². The fraction of sp³-hybridized carbons (Fsp3) is 0.500. The molecule has 0 bridgehead atoms. The summed E-state index contributed by atoms with van der Waals surface area (Å²) in [6.45, 7) is 2.25. The Kier molecular flexibility index (Phi) is 4.58. The highest BCUT2D eigenvalue weighted by Crippen LogP contribution is 2.29. The van der Waals surface area contributed by atoms with E-state index in [9.17, 15) is 4.79 Å². The molecule has 0 radical (unpaired) electrons. The fourth-order valence-corrected chi connectivity index (χ4v) is 2.88. The Labute approximate surface area is 123 Å². The molecule has 0 heterocycles. The highest BCUT2D eigenvalue weighted by atomic mass is 35.5. The molecule has 3 N–H and O–H groups in total. The largest absolute Gasteiger partial charge is 0.396 e. The highest BCUT2D eigenvalue weighted by Gasteiger charge is 2.21. The minimum atomic E-state index is -0.136. The predicted octanol–water partition coefficient (Wildman–Crippen LogP) is 3.88. The van der Waals surface area contributed by atoms with Crippen molar-refractivity contribution in [1.29, 1.82) is 0 Å². The second-order valence-corrected chi connectivity index (χ2v) is 6.10. The number of nitrogen functional groups attached to an aromatic ring is 1. The number of benzene rings is 1. The van der Waals surface area contributed by atoms with E-state index < -0.39 is 0 Å². The lowest BCUT2D eigenvalue weighted by Gasteiger charge is -2.27. The first-order chi connectivity index (χ1) is 8.97. The van der Waals surface area contributed by atoms with E-state index >= 15 is 0 Å². The van der Waals surface area contributed by atoms with Gasteiger partial charge in [0.05, 0.1) is 15.7 Å². The van der Waals surface area contributed by atoms with Gasteiger partial charge < -0.3 is 11.1 Å². The molecular weight excluding hydrogens is 283 g/mol. The second kappa shape index (κ2) is 6.02. The maximum atomic E-state index is 12.1. The van der Waals surface area contributed by atoms with Gasteiger partial charge in [-0.2, -0.15) is 0 Å². The van der Waals surface area contributed by atoms with Crippen molar-refractivity contribution >= 4 is 34.8 Å². The number of halogens is 2. The first-order valence-corrected chi connectivity index (χ1v) is 7.28. The Morgan fingerprint density at radius 3 is 2.26 bits per heavy atom. The topological polar surface area (TPSA) is 55.1 Å². The first kappa shape index (κ1) is 14.5. The minimum absolute atomic E-state index is 0.136. The van der Waals surface area contributed by atoms with Crippen LogP contribution < -0.4 is 11.1 Å². The lowest BCUT2D eigenvalue weighted by molar-refractivity contribution is 0.0923. The number of carbonyl (C=O) groups is 1. The number of nitrogens with two attached hydrogens (primary N) is 1. The van der Waals surface area contributed by atoms with Crippen molar-refractivity contribution in [2.45, 2.75) is 38.6 Å². The molecule has 0 aromatic heterocycles. The lowest BCUT2D eigenvalue weighted by Crippen LogP contribution is -2.37. The van der Waals surface area contributed by atoms with Crippen molar-refractivity contribution in [2.75, 3.05) is 5.73 Å². The van der Waals surface area contributed by atoms with Crippen molar-refractivity contribution in [1.82, 2.24) is 5.32 Å². The van der Waals surface area contributed by atoms with E-state index in [4.69, 9.17) is 28.9 Å². The third-order valence-electron chi connectivity index (χ3n) is 3.69. The zero-order valence-corrected chi connectivity index (χ0v) is 12.4. The number of amides is 1. The number of carbonyl (C=O) groups excluding carboxylic acids is 1. The SMILES string of the molecule is CC1CCC(NC(=O)c2cc(Cl)c(N)c(Cl)c2)CC1. The van der Waals surface area contributed by atoms with Crippen molar-refractivity contribution in [3.8, 4) is 0 Å². The molecule has 1 aromatic rings. The zero-order chi connectivity index (χ0) is 14.0. The van der Waals surface area contributed by atoms with E-state index in [1.54, 1.807) is 12.1 Å². The summed E-state index contributed by atoms with van der Waals surface area (Å²) < 4.78 is 0. The average Bonchev–Trinajstić information content (AvgIpc) is 2.38. The van der Waals surface area contributed by atoms with Crippen LogP contribution in [0.5, 0.6) is 0 Å². The molecule has 0 aliphatic heterocycles. The first-order valence-electron chi connectivity index (χ1n) is 6.52. The molecule has 3 nitrogen and oxygen atoms in total. The Morgan fingerprint density at radius 1 is 1.21 bits per heavy atom. The summed E-state index contributed by atoms with van der Waals surface area (Å²) in [6, 6.07) is 3.37. The summed E-state index contributed by atoms with van der Waals surface area (Å²) in [5.41, 5.74) is 6.43. The second-order valence-electron chi connectivity index (χ2n) is 5.28. The van der Waals surface area contributed by atoms with Gasteiger partial charge in [0.1, 0.15) is 0 Å². The van der Waals surface area contributed by atoms with E-state index in [-0.39, 0.29) is 11.9 Å². The molecule has 1 aromatic carbocycles. The number of hydrogen-bond donors (Lipinski definition) is 2. The zero-order valence-electron chi connectivity index (χ0n) is 10.9. The van der Waals surface area contributed by atoms with Crippen molar-refractivity contribution in [3.05, 3.63) is 27.7 Å². The number of nitrogens with one attached hydrogen (secondary N) is 1. The summed E-state index contributed by atoms with van der Waals surface area (Å²) in [4.78, 5) is 12.1. The Balaban J connectivity index is 2.04. The van der Waals surface area contributed by atoms with Gasteiger partial charge in [0.2, 0.25) is 0 Å². The molecule has 1 aliphatic carbocycles. The Morgan fingerprint density at radius 2 is 1.74 bits per heavy atom. The van der Waals surface area contributed by atoms with Crippen molar-refractivity contribution < 1.29 is 4.79 Å². The maximum absolute atomic E-state index is 12.1. The molecule has 0 saturated heterocycles. The van der Waals surface area contributed by atoms with Gasteiger partial charge in [-0.3, -0.25) is 4.79 Å². The minimum Gasteiger partial charge on any atom is -0.396 e. The van der Waals surface area contributed by atoms with Crippen LogP contribution in [0.4, 0.5) is 5.69 Å². The third kappa shape index (κ3) is 3.54. The van der Waals surface area contributed by atoms with Crippen LogP contribution in [0.1, 0.15) is 43.0 Å². The van der Waals surface area contributed by atoms with E-state index in [0.717, 1.165) is 31.6 Å². The molecule has 104 valence electrons. The van der Waals surface area contributed by atoms with Gasteiger partial charge in [0.15, 0.2) is 0 Å². The van der Waals surface area contributed by atoms with Gasteiger partial charge in [-0.1, -0.05) is 30.1 Å². The fourth-order valence-electron chi connectivity index (χ4n) is 2.39. The van der Waals surface area contributed by atoms with Gasteiger partial charge in [0, 0.05) is 11.6 Å². The van der Waals surface area contributed by atoms with Crippen LogP contribution in [0.25, 0.3) is 0 Å². The molecule has 0 unspecified atom stereocenters. The van der Waals surface area contributed by atoms with E-state index in [1.807, 2.05) is 0 Å². The smallest absolute Gasteiger partial charge is 0.251 e. The summed E-state index contributed by atoms with van der Waals surface area (Å²) >= 11 is 11.9. The Hall–Kier alpha value is -0.930. The molecule has 1 saturated carbocycles. The lowest BCUT2D eigenvalue weighted by atomic mass is 9.87. The molecule has 2 rings (SSSR count). The molecular formula is C14H18Cl2N2O. The standard InChI is InChI=1S/C14H18Cl2N2O/c1-8-2-4-10(5-3-8)18-14(19)9-6-11(15)13(17)12(16)7-9/h6-8,10H,2-5,17H2,1H3,(H,18,19). The molecule has 0 atom stereocenters. The molecule has 19 heavy (non-hydrogen) atoms. The Bertz CT molecular complexity index is 459.